The number of carbonyl (C=O) groups is 1. The van der Waals surface area contributed by atoms with Crippen LogP contribution in [0.3, 0.4) is 0 Å². The van der Waals surface area contributed by atoms with Crippen molar-refractivity contribution in [3.63, 3.8) is 0 Å². The Morgan fingerprint density at radius 1 is 1.45 bits per heavy atom. The highest BCUT2D eigenvalue weighted by molar-refractivity contribution is 5.97. The first-order chi connectivity index (χ1) is 10.1. The van der Waals surface area contributed by atoms with Crippen molar-refractivity contribution >= 4 is 5.78 Å². The summed E-state index contributed by atoms with van der Waals surface area (Å²) in [6.07, 6.45) is 6.82. The predicted molar refractivity (Wildman–Crippen MR) is 93.6 cm³/mol. The van der Waals surface area contributed by atoms with Gasteiger partial charge in [0.15, 0.2) is 5.78 Å². The minimum absolute atomic E-state index is 0.144. The van der Waals surface area contributed by atoms with Gasteiger partial charge in [0.05, 0.1) is 6.61 Å². The maximum atomic E-state index is 13.0. The van der Waals surface area contributed by atoms with Crippen molar-refractivity contribution < 1.29 is 9.53 Å². The first kappa shape index (κ1) is 18.7. The van der Waals surface area contributed by atoms with Gasteiger partial charge in [0.2, 0.25) is 0 Å². The normalized spacial score (nSPS) is 24.1. The van der Waals surface area contributed by atoms with Crippen LogP contribution in [0.2, 0.25) is 0 Å². The monoisotopic (exact) mass is 304 g/mol. The average Bonchev–Trinajstić information content (AvgIpc) is 2.38. The second kappa shape index (κ2) is 7.30. The lowest BCUT2D eigenvalue weighted by Gasteiger charge is -2.48. The lowest BCUT2D eigenvalue weighted by Crippen LogP contribution is -2.47. The Morgan fingerprint density at radius 3 is 2.55 bits per heavy atom. The molecule has 0 aromatic heterocycles. The van der Waals surface area contributed by atoms with Gasteiger partial charge < -0.3 is 4.74 Å². The van der Waals surface area contributed by atoms with E-state index in [1.807, 2.05) is 13.0 Å². The van der Waals surface area contributed by atoms with Crippen molar-refractivity contribution in [1.82, 2.24) is 0 Å². The number of allylic oxidation sites excluding steroid dienone is 4. The van der Waals surface area contributed by atoms with E-state index in [-0.39, 0.29) is 11.2 Å². The Balaban J connectivity index is 3.08. The molecule has 0 radical (unpaired) electrons. The zero-order chi connectivity index (χ0) is 17.0. The van der Waals surface area contributed by atoms with E-state index >= 15 is 0 Å². The van der Waals surface area contributed by atoms with Gasteiger partial charge in [0.1, 0.15) is 5.76 Å². The molecular weight excluding hydrogens is 272 g/mol. The maximum absolute atomic E-state index is 13.0. The van der Waals surface area contributed by atoms with Crippen LogP contribution in [0.15, 0.2) is 36.6 Å². The molecule has 0 aliphatic heterocycles. The molecule has 0 heterocycles. The molecule has 0 saturated heterocycles. The van der Waals surface area contributed by atoms with Crippen molar-refractivity contribution in [2.75, 3.05) is 6.61 Å². The molecule has 0 saturated carbocycles. The highest BCUT2D eigenvalue weighted by Gasteiger charge is 2.51. The van der Waals surface area contributed by atoms with E-state index < -0.39 is 5.41 Å². The van der Waals surface area contributed by atoms with E-state index in [0.717, 1.165) is 30.6 Å². The Kier molecular flexibility index (Phi) is 6.22. The molecule has 0 spiro atoms. The molecule has 1 rings (SSSR count). The lowest BCUT2D eigenvalue weighted by molar-refractivity contribution is -0.134. The zero-order valence-electron chi connectivity index (χ0n) is 15.0. The van der Waals surface area contributed by atoms with Crippen molar-refractivity contribution in [2.24, 2.45) is 16.7 Å². The summed E-state index contributed by atoms with van der Waals surface area (Å²) >= 11 is 0. The summed E-state index contributed by atoms with van der Waals surface area (Å²) in [6, 6.07) is 0. The fourth-order valence-electron chi connectivity index (χ4n) is 3.25. The number of carbonyl (C=O) groups excluding carboxylic acids is 1. The minimum Gasteiger partial charge on any atom is -0.498 e. The Bertz CT molecular complexity index is 468. The number of hydrogen-bond acceptors (Lipinski definition) is 2. The second-order valence-corrected chi connectivity index (χ2v) is 7.77. The molecule has 0 N–H and O–H groups in total. The highest BCUT2D eigenvalue weighted by Crippen LogP contribution is 2.53. The van der Waals surface area contributed by atoms with Crippen molar-refractivity contribution in [2.45, 2.75) is 60.3 Å². The first-order valence-corrected chi connectivity index (χ1v) is 8.28. The molecule has 2 nitrogen and oxygen atoms in total. The summed E-state index contributed by atoms with van der Waals surface area (Å²) in [4.78, 5) is 13.0. The first-order valence-electron chi connectivity index (χ1n) is 8.28. The van der Waals surface area contributed by atoms with Crippen molar-refractivity contribution in [3.05, 3.63) is 36.6 Å². The van der Waals surface area contributed by atoms with Crippen LogP contribution >= 0.6 is 0 Å². The van der Waals surface area contributed by atoms with Crippen LogP contribution < -0.4 is 0 Å². The maximum Gasteiger partial charge on any atom is 0.166 e. The minimum atomic E-state index is -0.390. The van der Waals surface area contributed by atoms with Gasteiger partial charge >= 0.3 is 0 Å². The molecule has 1 atom stereocenters. The van der Waals surface area contributed by atoms with E-state index in [0.29, 0.717) is 18.9 Å². The summed E-state index contributed by atoms with van der Waals surface area (Å²) in [6.45, 7) is 19.1. The van der Waals surface area contributed by atoms with Crippen molar-refractivity contribution in [1.29, 1.82) is 0 Å². The quantitative estimate of drug-likeness (QED) is 0.556. The Morgan fingerprint density at radius 2 is 2.09 bits per heavy atom. The SMILES string of the molecule is C=CC[C@@]1(CCC(=C)C)C(=O)C=C(OCC(C)C)CC1(C)C. The molecule has 1 aliphatic carbocycles. The molecule has 2 heteroatoms. The van der Waals surface area contributed by atoms with Crippen LogP contribution in [0.4, 0.5) is 0 Å². The topological polar surface area (TPSA) is 26.3 Å². The number of ether oxygens (including phenoxy) is 1. The Labute approximate surface area is 136 Å². The highest BCUT2D eigenvalue weighted by atomic mass is 16.5. The summed E-state index contributed by atoms with van der Waals surface area (Å²) in [5.74, 6) is 1.48. The largest absolute Gasteiger partial charge is 0.498 e. The summed E-state index contributed by atoms with van der Waals surface area (Å²) in [5, 5.41) is 0. The van der Waals surface area contributed by atoms with Crippen LogP contribution in [0.25, 0.3) is 0 Å². The van der Waals surface area contributed by atoms with E-state index in [1.54, 1.807) is 6.08 Å². The van der Waals surface area contributed by atoms with Gasteiger partial charge in [-0.2, -0.15) is 0 Å². The van der Waals surface area contributed by atoms with Gasteiger partial charge in [-0.15, -0.1) is 13.2 Å². The summed E-state index contributed by atoms with van der Waals surface area (Å²) in [5.41, 5.74) is 0.588. The average molecular weight is 304 g/mol. The standard InChI is InChI=1S/C20H32O2/c1-8-10-20(11-9-15(2)3)18(21)12-17(13-19(20,6)7)22-14-16(4)5/h8,12,16H,1-2,9-11,13-14H2,3-7H3/t20-/m1/s1. The van der Waals surface area contributed by atoms with Gasteiger partial charge in [-0.25, -0.2) is 0 Å². The fourth-order valence-corrected chi connectivity index (χ4v) is 3.25. The third kappa shape index (κ3) is 4.12. The van der Waals surface area contributed by atoms with Crippen LogP contribution in [-0.2, 0) is 9.53 Å². The van der Waals surface area contributed by atoms with Gasteiger partial charge in [0, 0.05) is 17.9 Å². The van der Waals surface area contributed by atoms with Crippen LogP contribution in [0.5, 0.6) is 0 Å². The van der Waals surface area contributed by atoms with Crippen molar-refractivity contribution in [3.8, 4) is 0 Å². The molecule has 22 heavy (non-hydrogen) atoms. The van der Waals surface area contributed by atoms with Gasteiger partial charge in [-0.1, -0.05) is 39.3 Å². The van der Waals surface area contributed by atoms with Crippen LogP contribution in [-0.4, -0.2) is 12.4 Å². The second-order valence-electron chi connectivity index (χ2n) is 7.77. The number of rotatable bonds is 8. The van der Waals surface area contributed by atoms with Crippen LogP contribution in [0, 0.1) is 16.7 Å². The number of hydrogen-bond donors (Lipinski definition) is 0. The lowest BCUT2D eigenvalue weighted by atomic mass is 9.55. The predicted octanol–water partition coefficient (Wildman–Crippen LogP) is 5.46. The molecule has 0 fully saturated rings. The van der Waals surface area contributed by atoms with E-state index in [4.69, 9.17) is 4.74 Å². The molecule has 124 valence electrons. The third-order valence-electron chi connectivity index (χ3n) is 4.75. The third-order valence-corrected chi connectivity index (χ3v) is 4.75. The fraction of sp³-hybridized carbons (Fsp3) is 0.650. The van der Waals surface area contributed by atoms with Crippen LogP contribution in [0.1, 0.15) is 60.3 Å². The molecule has 0 bridgehead atoms. The van der Waals surface area contributed by atoms with E-state index in [9.17, 15) is 4.79 Å². The van der Waals surface area contributed by atoms with Gasteiger partial charge in [-0.3, -0.25) is 4.79 Å². The summed E-state index contributed by atoms with van der Waals surface area (Å²) in [7, 11) is 0. The molecule has 0 aromatic rings. The van der Waals surface area contributed by atoms with Gasteiger partial charge in [0.25, 0.3) is 0 Å². The Hall–Kier alpha value is -1.31. The van der Waals surface area contributed by atoms with E-state index in [2.05, 4.69) is 40.9 Å². The molecular formula is C20H32O2. The van der Waals surface area contributed by atoms with E-state index in [1.165, 1.54) is 0 Å². The number of ketones is 1. The molecule has 0 aromatic carbocycles. The van der Waals surface area contributed by atoms with Gasteiger partial charge in [-0.05, 0) is 37.5 Å². The molecule has 0 amide bonds. The smallest absolute Gasteiger partial charge is 0.166 e. The summed E-state index contributed by atoms with van der Waals surface area (Å²) < 4.78 is 5.84. The zero-order valence-corrected chi connectivity index (χ0v) is 15.0. The molecule has 0 unspecified atom stereocenters. The molecule has 1 aliphatic rings.